The summed E-state index contributed by atoms with van der Waals surface area (Å²) in [6, 6.07) is 0. The van der Waals surface area contributed by atoms with Crippen LogP contribution in [0.4, 0.5) is 0 Å². The van der Waals surface area contributed by atoms with Crippen molar-refractivity contribution in [1.29, 1.82) is 0 Å². The van der Waals surface area contributed by atoms with Crippen LogP contribution < -0.4 is 0 Å². The van der Waals surface area contributed by atoms with Gasteiger partial charge >= 0.3 is 0 Å². The van der Waals surface area contributed by atoms with Crippen molar-refractivity contribution >= 4 is 0 Å². The van der Waals surface area contributed by atoms with Crippen LogP contribution in [0.25, 0.3) is 0 Å². The lowest BCUT2D eigenvalue weighted by Gasteiger charge is -2.22. The molecule has 2 saturated carbocycles. The Bertz CT molecular complexity index is 122. The summed E-state index contributed by atoms with van der Waals surface area (Å²) in [4.78, 5) is 0. The molecule has 0 spiro atoms. The first-order chi connectivity index (χ1) is 6.83. The quantitative estimate of drug-likeness (QED) is 0.719. The topological polar surface area (TPSA) is 40.5 Å². The molecule has 0 heterocycles. The van der Waals surface area contributed by atoms with Crippen LogP contribution >= 0.6 is 0 Å². The van der Waals surface area contributed by atoms with Crippen LogP contribution in [0, 0.1) is 5.41 Å². The van der Waals surface area contributed by atoms with Gasteiger partial charge < -0.3 is 10.2 Å². The van der Waals surface area contributed by atoms with Crippen molar-refractivity contribution in [3.8, 4) is 0 Å². The molecule has 84 valence electrons. The number of aliphatic hydroxyl groups excluding tert-OH is 2. The third-order valence-corrected chi connectivity index (χ3v) is 3.59. The van der Waals surface area contributed by atoms with E-state index in [0.717, 1.165) is 12.8 Å². The van der Waals surface area contributed by atoms with E-state index < -0.39 is 0 Å². The Kier molecular flexibility index (Phi) is 5.49. The average molecular weight is 200 g/mol. The first kappa shape index (κ1) is 12.0. The van der Waals surface area contributed by atoms with Gasteiger partial charge in [-0.1, -0.05) is 44.9 Å². The van der Waals surface area contributed by atoms with Gasteiger partial charge in [0.15, 0.2) is 0 Å². The fourth-order valence-electron chi connectivity index (χ4n) is 2.38. The van der Waals surface area contributed by atoms with Crippen LogP contribution in [0.3, 0.4) is 0 Å². The molecule has 2 aliphatic carbocycles. The molecular weight excluding hydrogens is 176 g/mol. The second-order valence-corrected chi connectivity index (χ2v) is 4.79. The molecule has 0 aliphatic heterocycles. The Morgan fingerprint density at radius 1 is 0.643 bits per heavy atom. The van der Waals surface area contributed by atoms with Gasteiger partial charge in [-0.3, -0.25) is 0 Å². The maximum absolute atomic E-state index is 8.86. The molecule has 0 saturated heterocycles. The SMILES string of the molecule is C1CCCC1.OCC1(CO)CCCC1. The fourth-order valence-corrected chi connectivity index (χ4v) is 2.38. The fraction of sp³-hybridized carbons (Fsp3) is 1.00. The number of hydrogen-bond donors (Lipinski definition) is 2. The standard InChI is InChI=1S/C7H14O2.C5H10/c8-5-7(6-9)3-1-2-4-7;1-2-4-5-3-1/h8-9H,1-6H2;1-5H2. The molecule has 0 atom stereocenters. The largest absolute Gasteiger partial charge is 0.396 e. The molecule has 2 N–H and O–H groups in total. The average Bonchev–Trinajstić information content (AvgIpc) is 2.93. The zero-order valence-electron chi connectivity index (χ0n) is 9.17. The first-order valence-electron chi connectivity index (χ1n) is 6.05. The minimum absolute atomic E-state index is 0.111. The summed E-state index contributed by atoms with van der Waals surface area (Å²) in [6.45, 7) is 0.312. The van der Waals surface area contributed by atoms with Gasteiger partial charge in [-0.2, -0.15) is 0 Å². The Balaban J connectivity index is 0.000000165. The molecule has 2 heteroatoms. The Morgan fingerprint density at radius 2 is 1.00 bits per heavy atom. The van der Waals surface area contributed by atoms with Crippen LogP contribution in [0.2, 0.25) is 0 Å². The van der Waals surface area contributed by atoms with Crippen molar-refractivity contribution in [2.45, 2.75) is 57.8 Å². The molecule has 14 heavy (non-hydrogen) atoms. The van der Waals surface area contributed by atoms with E-state index in [4.69, 9.17) is 10.2 Å². The molecule has 0 radical (unpaired) electrons. The van der Waals surface area contributed by atoms with Gasteiger partial charge in [-0.25, -0.2) is 0 Å². The predicted molar refractivity (Wildman–Crippen MR) is 58.2 cm³/mol. The van der Waals surface area contributed by atoms with Crippen LogP contribution in [0.1, 0.15) is 57.8 Å². The van der Waals surface area contributed by atoms with Gasteiger partial charge in [0.1, 0.15) is 0 Å². The zero-order chi connectivity index (χ0) is 10.3. The lowest BCUT2D eigenvalue weighted by Crippen LogP contribution is -2.25. The highest BCUT2D eigenvalue weighted by Crippen LogP contribution is 2.36. The van der Waals surface area contributed by atoms with Crippen molar-refractivity contribution in [3.63, 3.8) is 0 Å². The summed E-state index contributed by atoms with van der Waals surface area (Å²) < 4.78 is 0. The third kappa shape index (κ3) is 3.58. The predicted octanol–water partition coefficient (Wildman–Crippen LogP) is 2.48. The van der Waals surface area contributed by atoms with Gasteiger partial charge in [0, 0.05) is 5.41 Å². The molecule has 2 fully saturated rings. The van der Waals surface area contributed by atoms with Crippen molar-refractivity contribution < 1.29 is 10.2 Å². The van der Waals surface area contributed by atoms with E-state index in [1.807, 2.05) is 0 Å². The summed E-state index contributed by atoms with van der Waals surface area (Å²) in [5, 5.41) is 17.7. The molecule has 2 rings (SSSR count). The summed E-state index contributed by atoms with van der Waals surface area (Å²) in [5.74, 6) is 0. The van der Waals surface area contributed by atoms with E-state index in [1.165, 1.54) is 44.9 Å². The molecule has 0 aromatic rings. The summed E-state index contributed by atoms with van der Waals surface area (Å²) in [7, 11) is 0. The van der Waals surface area contributed by atoms with Gasteiger partial charge in [0.05, 0.1) is 13.2 Å². The normalized spacial score (nSPS) is 24.4. The molecule has 2 aliphatic rings. The van der Waals surface area contributed by atoms with E-state index in [1.54, 1.807) is 0 Å². The van der Waals surface area contributed by atoms with Crippen molar-refractivity contribution in [2.75, 3.05) is 13.2 Å². The van der Waals surface area contributed by atoms with Crippen molar-refractivity contribution in [1.82, 2.24) is 0 Å². The Morgan fingerprint density at radius 3 is 1.21 bits per heavy atom. The summed E-state index contributed by atoms with van der Waals surface area (Å²) in [6.07, 6.45) is 11.8. The number of aliphatic hydroxyl groups is 2. The molecule has 0 amide bonds. The zero-order valence-corrected chi connectivity index (χ0v) is 9.17. The molecule has 0 bridgehead atoms. The van der Waals surface area contributed by atoms with Gasteiger partial charge in [-0.05, 0) is 12.8 Å². The van der Waals surface area contributed by atoms with E-state index in [2.05, 4.69) is 0 Å². The van der Waals surface area contributed by atoms with Crippen molar-refractivity contribution in [3.05, 3.63) is 0 Å². The minimum atomic E-state index is -0.111. The van der Waals surface area contributed by atoms with Crippen LogP contribution in [-0.2, 0) is 0 Å². The smallest absolute Gasteiger partial charge is 0.0509 e. The highest BCUT2D eigenvalue weighted by molar-refractivity contribution is 4.82. The summed E-state index contributed by atoms with van der Waals surface area (Å²) >= 11 is 0. The Hall–Kier alpha value is -0.0800. The molecule has 0 aromatic heterocycles. The maximum atomic E-state index is 8.86. The first-order valence-corrected chi connectivity index (χ1v) is 6.05. The third-order valence-electron chi connectivity index (χ3n) is 3.59. The van der Waals surface area contributed by atoms with E-state index in [9.17, 15) is 0 Å². The molecule has 0 aromatic carbocycles. The molecule has 0 unspecified atom stereocenters. The lowest BCUT2D eigenvalue weighted by atomic mass is 9.89. The van der Waals surface area contributed by atoms with Crippen molar-refractivity contribution in [2.24, 2.45) is 5.41 Å². The van der Waals surface area contributed by atoms with Gasteiger partial charge in [0.2, 0.25) is 0 Å². The highest BCUT2D eigenvalue weighted by Gasteiger charge is 2.31. The number of rotatable bonds is 2. The Labute approximate surface area is 87.3 Å². The van der Waals surface area contributed by atoms with Crippen LogP contribution in [0.5, 0.6) is 0 Å². The van der Waals surface area contributed by atoms with Gasteiger partial charge in [-0.15, -0.1) is 0 Å². The van der Waals surface area contributed by atoms with E-state index in [-0.39, 0.29) is 18.6 Å². The lowest BCUT2D eigenvalue weighted by molar-refractivity contribution is 0.0606. The molecular formula is C12H24O2. The van der Waals surface area contributed by atoms with E-state index >= 15 is 0 Å². The van der Waals surface area contributed by atoms with Crippen LogP contribution in [-0.4, -0.2) is 23.4 Å². The second-order valence-electron chi connectivity index (χ2n) is 4.79. The second kappa shape index (κ2) is 6.41. The minimum Gasteiger partial charge on any atom is -0.396 e. The number of hydrogen-bond acceptors (Lipinski definition) is 2. The molecule has 2 nitrogen and oxygen atoms in total. The van der Waals surface area contributed by atoms with Gasteiger partial charge in [0.25, 0.3) is 0 Å². The van der Waals surface area contributed by atoms with E-state index in [0.29, 0.717) is 0 Å². The van der Waals surface area contributed by atoms with Crippen LogP contribution in [0.15, 0.2) is 0 Å². The summed E-state index contributed by atoms with van der Waals surface area (Å²) in [5.41, 5.74) is -0.111. The highest BCUT2D eigenvalue weighted by atomic mass is 16.3. The monoisotopic (exact) mass is 200 g/mol. The maximum Gasteiger partial charge on any atom is 0.0509 e.